The molecule has 1 saturated heterocycles. The van der Waals surface area contributed by atoms with Crippen molar-refractivity contribution in [3.63, 3.8) is 0 Å². The van der Waals surface area contributed by atoms with Crippen LogP contribution in [0.2, 0.25) is 0 Å². The molecule has 1 aromatic carbocycles. The third-order valence-corrected chi connectivity index (χ3v) is 4.74. The third-order valence-electron chi connectivity index (χ3n) is 4.74. The fraction of sp³-hybridized carbons (Fsp3) is 0.412. The number of fused-ring (bicyclic) bond motifs is 1. The van der Waals surface area contributed by atoms with E-state index in [4.69, 9.17) is 5.73 Å². The standard InChI is InChI=1S/C17H21N3O3/c1-17(2)9-20(8-7-12(17)18)14-10-5-3-4-6-11(10)19-15(21)13(14)16(22)23/h3-6,12H,7-9,18H2,1-2H3,(H,19,21)(H,22,23). The van der Waals surface area contributed by atoms with Crippen LogP contribution < -0.4 is 16.2 Å². The largest absolute Gasteiger partial charge is 0.477 e. The number of hydrogen-bond acceptors (Lipinski definition) is 4. The van der Waals surface area contributed by atoms with Gasteiger partial charge in [0.25, 0.3) is 5.56 Å². The van der Waals surface area contributed by atoms with E-state index in [0.29, 0.717) is 24.3 Å². The van der Waals surface area contributed by atoms with E-state index in [2.05, 4.69) is 18.8 Å². The monoisotopic (exact) mass is 315 g/mol. The number of aromatic amines is 1. The highest BCUT2D eigenvalue weighted by Gasteiger charge is 2.36. The first-order valence-electron chi connectivity index (χ1n) is 7.70. The van der Waals surface area contributed by atoms with Gasteiger partial charge < -0.3 is 20.7 Å². The lowest BCUT2D eigenvalue weighted by atomic mass is 9.79. The molecule has 1 aliphatic heterocycles. The SMILES string of the molecule is CC1(C)CN(c2c(C(=O)O)c(=O)[nH]c3ccccc23)CCC1N. The number of rotatable bonds is 2. The zero-order valence-corrected chi connectivity index (χ0v) is 13.3. The number of piperidine rings is 1. The molecule has 0 saturated carbocycles. The average Bonchev–Trinajstić information content (AvgIpc) is 2.48. The van der Waals surface area contributed by atoms with Crippen LogP contribution in [0.5, 0.6) is 0 Å². The lowest BCUT2D eigenvalue weighted by Gasteiger charge is -2.44. The Kier molecular flexibility index (Phi) is 3.64. The average molecular weight is 315 g/mol. The number of anilines is 1. The Labute approximate surface area is 133 Å². The van der Waals surface area contributed by atoms with Gasteiger partial charge in [-0.25, -0.2) is 4.79 Å². The van der Waals surface area contributed by atoms with Gasteiger partial charge in [-0.15, -0.1) is 0 Å². The molecular weight excluding hydrogens is 294 g/mol. The number of benzene rings is 1. The number of para-hydroxylation sites is 1. The van der Waals surface area contributed by atoms with Gasteiger partial charge in [-0.1, -0.05) is 32.0 Å². The van der Waals surface area contributed by atoms with Crippen LogP contribution in [0, 0.1) is 5.41 Å². The Morgan fingerprint density at radius 1 is 1.39 bits per heavy atom. The molecule has 0 amide bonds. The smallest absolute Gasteiger partial charge is 0.343 e. The summed E-state index contributed by atoms with van der Waals surface area (Å²) in [5, 5.41) is 10.3. The molecule has 1 aliphatic rings. The Bertz CT molecular complexity index is 825. The molecule has 3 rings (SSSR count). The lowest BCUT2D eigenvalue weighted by Crippen LogP contribution is -2.53. The maximum atomic E-state index is 12.3. The number of carboxylic acid groups (broad SMARTS) is 1. The molecule has 4 N–H and O–H groups in total. The highest BCUT2D eigenvalue weighted by atomic mass is 16.4. The van der Waals surface area contributed by atoms with Crippen LogP contribution >= 0.6 is 0 Å². The van der Waals surface area contributed by atoms with Crippen molar-refractivity contribution in [2.45, 2.75) is 26.3 Å². The van der Waals surface area contributed by atoms with E-state index in [1.165, 1.54) is 0 Å². The molecule has 0 aliphatic carbocycles. The summed E-state index contributed by atoms with van der Waals surface area (Å²) in [4.78, 5) is 28.6. The van der Waals surface area contributed by atoms with Crippen molar-refractivity contribution >= 4 is 22.6 Å². The van der Waals surface area contributed by atoms with Crippen LogP contribution in [0.25, 0.3) is 10.9 Å². The number of hydrogen-bond donors (Lipinski definition) is 3. The van der Waals surface area contributed by atoms with Gasteiger partial charge in [0, 0.05) is 24.5 Å². The molecular formula is C17H21N3O3. The second-order valence-electron chi connectivity index (χ2n) is 6.83. The van der Waals surface area contributed by atoms with E-state index in [9.17, 15) is 14.7 Å². The number of aromatic nitrogens is 1. The number of pyridine rings is 1. The summed E-state index contributed by atoms with van der Waals surface area (Å²) in [6, 6.07) is 7.34. The van der Waals surface area contributed by atoms with Gasteiger partial charge >= 0.3 is 5.97 Å². The van der Waals surface area contributed by atoms with Crippen molar-refractivity contribution in [2.75, 3.05) is 18.0 Å². The summed E-state index contributed by atoms with van der Waals surface area (Å²) in [5.41, 5.74) is 6.40. The Morgan fingerprint density at radius 2 is 2.09 bits per heavy atom. The summed E-state index contributed by atoms with van der Waals surface area (Å²) >= 11 is 0. The predicted octanol–water partition coefficient (Wildman–Crippen LogP) is 1.79. The van der Waals surface area contributed by atoms with E-state index < -0.39 is 11.5 Å². The normalized spacial score (nSPS) is 20.7. The van der Waals surface area contributed by atoms with Crippen LogP contribution in [0.3, 0.4) is 0 Å². The first kappa shape index (κ1) is 15.6. The zero-order valence-electron chi connectivity index (χ0n) is 13.3. The fourth-order valence-corrected chi connectivity index (χ4v) is 3.32. The minimum absolute atomic E-state index is 0.0558. The van der Waals surface area contributed by atoms with Crippen LogP contribution in [0.15, 0.2) is 29.1 Å². The molecule has 1 fully saturated rings. The first-order chi connectivity index (χ1) is 10.8. The van der Waals surface area contributed by atoms with Crippen LogP contribution in [-0.4, -0.2) is 35.2 Å². The minimum Gasteiger partial charge on any atom is -0.477 e. The predicted molar refractivity (Wildman–Crippen MR) is 90.1 cm³/mol. The summed E-state index contributed by atoms with van der Waals surface area (Å²) in [6.07, 6.45) is 0.757. The molecule has 1 aromatic heterocycles. The molecule has 122 valence electrons. The Morgan fingerprint density at radius 3 is 2.74 bits per heavy atom. The Balaban J connectivity index is 2.25. The number of aromatic carboxylic acids is 1. The lowest BCUT2D eigenvalue weighted by molar-refractivity contribution is 0.0695. The quantitative estimate of drug-likeness (QED) is 0.784. The fourth-order valence-electron chi connectivity index (χ4n) is 3.32. The van der Waals surface area contributed by atoms with Crippen LogP contribution in [-0.2, 0) is 0 Å². The van der Waals surface area contributed by atoms with Crippen LogP contribution in [0.4, 0.5) is 5.69 Å². The van der Waals surface area contributed by atoms with Gasteiger partial charge in [0.2, 0.25) is 0 Å². The molecule has 23 heavy (non-hydrogen) atoms. The van der Waals surface area contributed by atoms with Crippen molar-refractivity contribution in [1.29, 1.82) is 0 Å². The van der Waals surface area contributed by atoms with Gasteiger partial charge in [-0.05, 0) is 17.9 Å². The van der Waals surface area contributed by atoms with Crippen molar-refractivity contribution in [3.05, 3.63) is 40.2 Å². The van der Waals surface area contributed by atoms with Crippen LogP contribution in [0.1, 0.15) is 30.6 Å². The number of nitrogens with one attached hydrogen (secondary N) is 1. The molecule has 6 nitrogen and oxygen atoms in total. The van der Waals surface area contributed by atoms with E-state index >= 15 is 0 Å². The summed E-state index contributed by atoms with van der Waals surface area (Å²) in [7, 11) is 0. The minimum atomic E-state index is -1.21. The maximum absolute atomic E-state index is 12.3. The molecule has 2 heterocycles. The Hall–Kier alpha value is -2.34. The number of carboxylic acids is 1. The highest BCUT2D eigenvalue weighted by Crippen LogP contribution is 2.35. The summed E-state index contributed by atoms with van der Waals surface area (Å²) < 4.78 is 0. The van der Waals surface area contributed by atoms with E-state index in [0.717, 1.165) is 11.8 Å². The van der Waals surface area contributed by atoms with Gasteiger partial charge in [-0.3, -0.25) is 4.79 Å². The summed E-state index contributed by atoms with van der Waals surface area (Å²) in [5.74, 6) is -1.21. The topological polar surface area (TPSA) is 99.4 Å². The van der Waals surface area contributed by atoms with Crippen molar-refractivity contribution in [2.24, 2.45) is 11.1 Å². The molecule has 1 unspecified atom stereocenters. The summed E-state index contributed by atoms with van der Waals surface area (Å²) in [6.45, 7) is 5.39. The number of carbonyl (C=O) groups is 1. The van der Waals surface area contributed by atoms with Gasteiger partial charge in [0.1, 0.15) is 5.56 Å². The van der Waals surface area contributed by atoms with Crippen molar-refractivity contribution in [3.8, 4) is 0 Å². The zero-order chi connectivity index (χ0) is 16.8. The van der Waals surface area contributed by atoms with E-state index in [-0.39, 0.29) is 17.0 Å². The third kappa shape index (κ3) is 2.59. The molecule has 6 heteroatoms. The number of nitrogens with two attached hydrogens (primary N) is 1. The van der Waals surface area contributed by atoms with Crippen molar-refractivity contribution in [1.82, 2.24) is 4.98 Å². The van der Waals surface area contributed by atoms with E-state index in [1.807, 2.05) is 23.1 Å². The molecule has 1 atom stereocenters. The second-order valence-corrected chi connectivity index (χ2v) is 6.83. The van der Waals surface area contributed by atoms with Gasteiger partial charge in [0.15, 0.2) is 0 Å². The van der Waals surface area contributed by atoms with E-state index in [1.54, 1.807) is 6.07 Å². The van der Waals surface area contributed by atoms with Crippen molar-refractivity contribution < 1.29 is 9.90 Å². The van der Waals surface area contributed by atoms with Gasteiger partial charge in [-0.2, -0.15) is 0 Å². The van der Waals surface area contributed by atoms with Gasteiger partial charge in [0.05, 0.1) is 11.2 Å². The second kappa shape index (κ2) is 5.38. The number of H-pyrrole nitrogens is 1. The first-order valence-corrected chi connectivity index (χ1v) is 7.70. The highest BCUT2D eigenvalue weighted by molar-refractivity contribution is 6.04. The molecule has 0 spiro atoms. The maximum Gasteiger partial charge on any atom is 0.343 e. The molecule has 2 aromatic rings. The molecule has 0 radical (unpaired) electrons. The number of nitrogens with zero attached hydrogens (tertiary/aromatic N) is 1. The molecule has 0 bridgehead atoms.